The molecular weight excluding hydrogens is 177 g/mol. The highest BCUT2D eigenvalue weighted by Crippen LogP contribution is 2.35. The van der Waals surface area contributed by atoms with Crippen LogP contribution >= 0.6 is 0 Å². The maximum atomic E-state index is 13.6. The second-order valence-corrected chi connectivity index (χ2v) is 4.08. The summed E-state index contributed by atoms with van der Waals surface area (Å²) in [6.07, 6.45) is 3.16. The van der Waals surface area contributed by atoms with Gasteiger partial charge in [-0.05, 0) is 30.5 Å². The molecule has 0 radical (unpaired) electrons. The van der Waals surface area contributed by atoms with Crippen molar-refractivity contribution in [2.75, 3.05) is 5.73 Å². The third kappa shape index (κ3) is 1.89. The van der Waals surface area contributed by atoms with Crippen molar-refractivity contribution in [3.05, 3.63) is 29.8 Å². The van der Waals surface area contributed by atoms with Crippen LogP contribution in [0.4, 0.5) is 10.1 Å². The van der Waals surface area contributed by atoms with Gasteiger partial charge in [-0.15, -0.1) is 0 Å². The molecule has 0 heterocycles. The molecule has 2 N–H and O–H groups in total. The number of rotatable bonds is 1. The second kappa shape index (κ2) is 3.99. The number of nitrogen functional groups attached to an aromatic ring is 1. The van der Waals surface area contributed by atoms with Gasteiger partial charge >= 0.3 is 0 Å². The predicted octanol–water partition coefficient (Wildman–Crippen LogP) is 3.26. The lowest BCUT2D eigenvalue weighted by Crippen LogP contribution is -2.18. The number of anilines is 1. The van der Waals surface area contributed by atoms with E-state index < -0.39 is 6.17 Å². The molecule has 1 aromatic rings. The molecule has 2 heteroatoms. The topological polar surface area (TPSA) is 26.0 Å². The van der Waals surface area contributed by atoms with Crippen LogP contribution in [0.5, 0.6) is 0 Å². The fourth-order valence-electron chi connectivity index (χ4n) is 2.25. The molecule has 1 aliphatic carbocycles. The second-order valence-electron chi connectivity index (χ2n) is 4.08. The molecule has 0 spiro atoms. The lowest BCUT2D eigenvalue weighted by Gasteiger charge is -2.26. The Hall–Kier alpha value is -1.05. The van der Waals surface area contributed by atoms with Crippen molar-refractivity contribution in [3.63, 3.8) is 0 Å². The van der Waals surface area contributed by atoms with Gasteiger partial charge in [0.2, 0.25) is 0 Å². The van der Waals surface area contributed by atoms with E-state index in [-0.39, 0.29) is 5.92 Å². The highest BCUT2D eigenvalue weighted by molar-refractivity contribution is 5.42. The third-order valence-corrected chi connectivity index (χ3v) is 3.02. The van der Waals surface area contributed by atoms with Gasteiger partial charge in [0.1, 0.15) is 6.17 Å². The fourth-order valence-corrected chi connectivity index (χ4v) is 2.25. The van der Waals surface area contributed by atoms with E-state index in [1.807, 2.05) is 24.3 Å². The van der Waals surface area contributed by atoms with Gasteiger partial charge in [0, 0.05) is 11.6 Å². The Morgan fingerprint density at radius 3 is 2.71 bits per heavy atom. The average Bonchev–Trinajstić information content (AvgIpc) is 2.18. The van der Waals surface area contributed by atoms with Gasteiger partial charge in [-0.1, -0.05) is 25.0 Å². The van der Waals surface area contributed by atoms with E-state index >= 15 is 0 Å². The molecular formula is C12H16FN. The van der Waals surface area contributed by atoms with E-state index in [1.165, 1.54) is 0 Å². The molecule has 1 aliphatic rings. The van der Waals surface area contributed by atoms with Gasteiger partial charge in [0.05, 0.1) is 0 Å². The van der Waals surface area contributed by atoms with Crippen LogP contribution < -0.4 is 5.73 Å². The molecule has 76 valence electrons. The Bertz CT molecular complexity index is 311. The summed E-state index contributed by atoms with van der Waals surface area (Å²) in [6, 6.07) is 7.65. The molecule has 0 saturated heterocycles. The van der Waals surface area contributed by atoms with Crippen LogP contribution in [0.2, 0.25) is 0 Å². The summed E-state index contributed by atoms with van der Waals surface area (Å²) in [6.45, 7) is 0. The maximum Gasteiger partial charge on any atom is 0.107 e. The van der Waals surface area contributed by atoms with Crippen LogP contribution in [0.15, 0.2) is 24.3 Å². The molecule has 0 aliphatic heterocycles. The number of hydrogen-bond acceptors (Lipinski definition) is 1. The van der Waals surface area contributed by atoms with Crippen molar-refractivity contribution in [1.82, 2.24) is 0 Å². The van der Waals surface area contributed by atoms with Gasteiger partial charge in [-0.3, -0.25) is 0 Å². The lowest BCUT2D eigenvalue weighted by molar-refractivity contribution is 0.216. The molecule has 1 fully saturated rings. The third-order valence-electron chi connectivity index (χ3n) is 3.02. The SMILES string of the molecule is Nc1cccc(C2CCCCC2F)c1. The molecule has 1 saturated carbocycles. The largest absolute Gasteiger partial charge is 0.399 e. The maximum absolute atomic E-state index is 13.6. The summed E-state index contributed by atoms with van der Waals surface area (Å²) in [4.78, 5) is 0. The Balaban J connectivity index is 2.20. The smallest absolute Gasteiger partial charge is 0.107 e. The van der Waals surface area contributed by atoms with E-state index in [0.29, 0.717) is 6.42 Å². The normalized spacial score (nSPS) is 27.5. The van der Waals surface area contributed by atoms with Crippen molar-refractivity contribution >= 4 is 5.69 Å². The highest BCUT2D eigenvalue weighted by atomic mass is 19.1. The van der Waals surface area contributed by atoms with Crippen LogP contribution in [-0.2, 0) is 0 Å². The summed E-state index contributed by atoms with van der Waals surface area (Å²) in [7, 11) is 0. The van der Waals surface area contributed by atoms with Gasteiger partial charge in [-0.25, -0.2) is 4.39 Å². The molecule has 0 bridgehead atoms. The van der Waals surface area contributed by atoms with Gasteiger partial charge in [-0.2, -0.15) is 0 Å². The molecule has 0 aromatic heterocycles. The molecule has 14 heavy (non-hydrogen) atoms. The number of halogens is 1. The first-order chi connectivity index (χ1) is 6.77. The molecule has 1 aromatic carbocycles. The fraction of sp³-hybridized carbons (Fsp3) is 0.500. The minimum atomic E-state index is -0.675. The van der Waals surface area contributed by atoms with Crippen LogP contribution in [-0.4, -0.2) is 6.17 Å². The molecule has 2 atom stereocenters. The van der Waals surface area contributed by atoms with Crippen molar-refractivity contribution in [3.8, 4) is 0 Å². The summed E-state index contributed by atoms with van der Waals surface area (Å²) in [5.74, 6) is 0.0762. The minimum Gasteiger partial charge on any atom is -0.399 e. The first kappa shape index (κ1) is 9.50. The average molecular weight is 193 g/mol. The first-order valence-corrected chi connectivity index (χ1v) is 5.27. The number of benzene rings is 1. The van der Waals surface area contributed by atoms with E-state index in [1.54, 1.807) is 0 Å². The number of nitrogens with two attached hydrogens (primary N) is 1. The summed E-state index contributed by atoms with van der Waals surface area (Å²) in [5, 5.41) is 0. The summed E-state index contributed by atoms with van der Waals surface area (Å²) >= 11 is 0. The predicted molar refractivity (Wildman–Crippen MR) is 57.0 cm³/mol. The highest BCUT2D eigenvalue weighted by Gasteiger charge is 2.25. The lowest BCUT2D eigenvalue weighted by atomic mass is 9.82. The zero-order valence-corrected chi connectivity index (χ0v) is 8.25. The van der Waals surface area contributed by atoms with Crippen LogP contribution in [0.1, 0.15) is 37.2 Å². The zero-order chi connectivity index (χ0) is 9.97. The molecule has 2 unspecified atom stereocenters. The van der Waals surface area contributed by atoms with Crippen LogP contribution in [0.3, 0.4) is 0 Å². The Kier molecular flexibility index (Phi) is 2.71. The van der Waals surface area contributed by atoms with E-state index in [0.717, 1.165) is 30.5 Å². The first-order valence-electron chi connectivity index (χ1n) is 5.27. The number of alkyl halides is 1. The van der Waals surface area contributed by atoms with Gasteiger partial charge in [0.15, 0.2) is 0 Å². The summed E-state index contributed by atoms with van der Waals surface area (Å²) < 4.78 is 13.6. The zero-order valence-electron chi connectivity index (χ0n) is 8.25. The van der Waals surface area contributed by atoms with E-state index in [9.17, 15) is 4.39 Å². The number of hydrogen-bond donors (Lipinski definition) is 1. The Labute approximate surface area is 84.1 Å². The van der Waals surface area contributed by atoms with Crippen molar-refractivity contribution in [1.29, 1.82) is 0 Å². The van der Waals surface area contributed by atoms with E-state index in [4.69, 9.17) is 5.73 Å². The monoisotopic (exact) mass is 193 g/mol. The van der Waals surface area contributed by atoms with Crippen molar-refractivity contribution in [2.24, 2.45) is 0 Å². The Morgan fingerprint density at radius 1 is 1.21 bits per heavy atom. The van der Waals surface area contributed by atoms with Crippen molar-refractivity contribution < 1.29 is 4.39 Å². The standard InChI is InChI=1S/C12H16FN/c13-12-7-2-1-6-11(12)9-4-3-5-10(14)8-9/h3-5,8,11-12H,1-2,6-7,14H2. The minimum absolute atomic E-state index is 0.0762. The van der Waals surface area contributed by atoms with E-state index in [2.05, 4.69) is 0 Å². The van der Waals surface area contributed by atoms with Crippen LogP contribution in [0, 0.1) is 0 Å². The Morgan fingerprint density at radius 2 is 2.00 bits per heavy atom. The van der Waals surface area contributed by atoms with Gasteiger partial charge < -0.3 is 5.73 Å². The summed E-state index contributed by atoms with van der Waals surface area (Å²) in [5.41, 5.74) is 7.49. The quantitative estimate of drug-likeness (QED) is 0.681. The molecule has 0 amide bonds. The van der Waals surface area contributed by atoms with Crippen LogP contribution in [0.25, 0.3) is 0 Å². The van der Waals surface area contributed by atoms with Gasteiger partial charge in [0.25, 0.3) is 0 Å². The molecule has 2 rings (SSSR count). The molecule has 1 nitrogen and oxygen atoms in total. The van der Waals surface area contributed by atoms with Crippen molar-refractivity contribution in [2.45, 2.75) is 37.8 Å².